The van der Waals surface area contributed by atoms with Gasteiger partial charge >= 0.3 is 0 Å². The summed E-state index contributed by atoms with van der Waals surface area (Å²) in [6.07, 6.45) is 2.31. The fourth-order valence-corrected chi connectivity index (χ4v) is 2.88. The lowest BCUT2D eigenvalue weighted by molar-refractivity contribution is 0.0821. The molecule has 3 nitrogen and oxygen atoms in total. The standard InChI is InChI=1S/C14H21BrN2O/c1-11-10-17(7-2-8-18-11)13-4-3-12(5-6-16)14(15)9-13/h3-4,9,11H,2,5-8,10,16H2,1H3. The summed E-state index contributed by atoms with van der Waals surface area (Å²) in [5.74, 6) is 0. The molecule has 100 valence electrons. The minimum Gasteiger partial charge on any atom is -0.377 e. The minimum absolute atomic E-state index is 0.301. The van der Waals surface area contributed by atoms with Crippen molar-refractivity contribution >= 4 is 21.6 Å². The van der Waals surface area contributed by atoms with Gasteiger partial charge in [-0.25, -0.2) is 0 Å². The lowest BCUT2D eigenvalue weighted by Gasteiger charge is -2.25. The number of hydrogen-bond donors (Lipinski definition) is 1. The highest BCUT2D eigenvalue weighted by Gasteiger charge is 2.16. The number of ether oxygens (including phenoxy) is 1. The van der Waals surface area contributed by atoms with Gasteiger partial charge in [0.1, 0.15) is 0 Å². The first-order valence-corrected chi connectivity index (χ1v) is 7.35. The van der Waals surface area contributed by atoms with Gasteiger partial charge in [0.15, 0.2) is 0 Å². The highest BCUT2D eigenvalue weighted by molar-refractivity contribution is 9.10. The van der Waals surface area contributed by atoms with Crippen molar-refractivity contribution in [3.63, 3.8) is 0 Å². The second-order valence-electron chi connectivity index (χ2n) is 4.80. The Balaban J connectivity index is 2.14. The van der Waals surface area contributed by atoms with Crippen molar-refractivity contribution in [1.29, 1.82) is 0 Å². The molecule has 2 rings (SSSR count). The third kappa shape index (κ3) is 3.46. The van der Waals surface area contributed by atoms with Crippen molar-refractivity contribution in [3.05, 3.63) is 28.2 Å². The maximum atomic E-state index is 5.68. The van der Waals surface area contributed by atoms with Gasteiger partial charge in [0.05, 0.1) is 6.10 Å². The number of benzene rings is 1. The van der Waals surface area contributed by atoms with Crippen LogP contribution in [0.3, 0.4) is 0 Å². The van der Waals surface area contributed by atoms with E-state index in [9.17, 15) is 0 Å². The molecule has 1 unspecified atom stereocenters. The van der Waals surface area contributed by atoms with E-state index in [1.54, 1.807) is 0 Å². The van der Waals surface area contributed by atoms with Crippen LogP contribution in [0.5, 0.6) is 0 Å². The van der Waals surface area contributed by atoms with E-state index in [-0.39, 0.29) is 0 Å². The van der Waals surface area contributed by atoms with E-state index < -0.39 is 0 Å². The smallest absolute Gasteiger partial charge is 0.0721 e. The van der Waals surface area contributed by atoms with Crippen LogP contribution in [0.15, 0.2) is 22.7 Å². The highest BCUT2D eigenvalue weighted by atomic mass is 79.9. The Bertz CT molecular complexity index is 397. The number of nitrogens with two attached hydrogens (primary N) is 1. The van der Waals surface area contributed by atoms with Crippen LogP contribution in [0.2, 0.25) is 0 Å². The topological polar surface area (TPSA) is 38.5 Å². The summed E-state index contributed by atoms with van der Waals surface area (Å²) in [5.41, 5.74) is 8.14. The number of anilines is 1. The van der Waals surface area contributed by atoms with Crippen LogP contribution < -0.4 is 10.6 Å². The molecule has 1 aliphatic heterocycles. The molecule has 1 saturated heterocycles. The number of hydrogen-bond acceptors (Lipinski definition) is 3. The average molecular weight is 313 g/mol. The van der Waals surface area contributed by atoms with E-state index in [1.165, 1.54) is 11.3 Å². The Kier molecular flexibility index (Phi) is 5.03. The predicted molar refractivity (Wildman–Crippen MR) is 79.1 cm³/mol. The average Bonchev–Trinajstić information content (AvgIpc) is 2.57. The maximum Gasteiger partial charge on any atom is 0.0721 e. The van der Waals surface area contributed by atoms with Crippen LogP contribution in [-0.4, -0.2) is 32.3 Å². The second kappa shape index (κ2) is 6.55. The molecular weight excluding hydrogens is 292 g/mol. The fraction of sp³-hybridized carbons (Fsp3) is 0.571. The summed E-state index contributed by atoms with van der Waals surface area (Å²) < 4.78 is 6.83. The molecular formula is C14H21BrN2O. The zero-order chi connectivity index (χ0) is 13.0. The van der Waals surface area contributed by atoms with Gasteiger partial charge in [-0.3, -0.25) is 0 Å². The summed E-state index contributed by atoms with van der Waals surface area (Å²) in [6.45, 7) is 5.71. The van der Waals surface area contributed by atoms with Crippen molar-refractivity contribution in [2.24, 2.45) is 5.73 Å². The van der Waals surface area contributed by atoms with Crippen molar-refractivity contribution in [1.82, 2.24) is 0 Å². The SMILES string of the molecule is CC1CN(c2ccc(CCN)c(Br)c2)CCCO1. The van der Waals surface area contributed by atoms with Gasteiger partial charge in [-0.1, -0.05) is 22.0 Å². The maximum absolute atomic E-state index is 5.68. The second-order valence-corrected chi connectivity index (χ2v) is 5.65. The van der Waals surface area contributed by atoms with Gasteiger partial charge in [-0.2, -0.15) is 0 Å². The zero-order valence-electron chi connectivity index (χ0n) is 10.9. The van der Waals surface area contributed by atoms with Crippen LogP contribution >= 0.6 is 15.9 Å². The van der Waals surface area contributed by atoms with E-state index in [2.05, 4.69) is 46.0 Å². The molecule has 0 bridgehead atoms. The third-order valence-electron chi connectivity index (χ3n) is 3.27. The van der Waals surface area contributed by atoms with Crippen molar-refractivity contribution in [3.8, 4) is 0 Å². The third-order valence-corrected chi connectivity index (χ3v) is 4.01. The number of halogens is 1. The molecule has 0 radical (unpaired) electrons. The normalized spacial score (nSPS) is 20.8. The van der Waals surface area contributed by atoms with Crippen LogP contribution in [0.25, 0.3) is 0 Å². The van der Waals surface area contributed by atoms with Crippen molar-refractivity contribution in [2.45, 2.75) is 25.9 Å². The summed E-state index contributed by atoms with van der Waals surface area (Å²) >= 11 is 3.64. The van der Waals surface area contributed by atoms with Crippen molar-refractivity contribution < 1.29 is 4.74 Å². The number of rotatable bonds is 3. The van der Waals surface area contributed by atoms with E-state index in [0.717, 1.165) is 37.0 Å². The first-order chi connectivity index (χ1) is 8.70. The van der Waals surface area contributed by atoms with Crippen molar-refractivity contribution in [2.75, 3.05) is 31.1 Å². The van der Waals surface area contributed by atoms with E-state index >= 15 is 0 Å². The molecule has 0 amide bonds. The van der Waals surface area contributed by atoms with Gasteiger partial charge in [0, 0.05) is 29.9 Å². The highest BCUT2D eigenvalue weighted by Crippen LogP contribution is 2.25. The van der Waals surface area contributed by atoms with Gasteiger partial charge in [0.2, 0.25) is 0 Å². The fourth-order valence-electron chi connectivity index (χ4n) is 2.32. The molecule has 0 aliphatic carbocycles. The van der Waals surface area contributed by atoms with Gasteiger partial charge in [-0.15, -0.1) is 0 Å². The molecule has 4 heteroatoms. The Labute approximate surface area is 117 Å². The molecule has 1 atom stereocenters. The van der Waals surface area contributed by atoms with E-state index in [1.807, 2.05) is 0 Å². The lowest BCUT2D eigenvalue weighted by atomic mass is 10.1. The molecule has 2 N–H and O–H groups in total. The van der Waals surface area contributed by atoms with Gasteiger partial charge in [-0.05, 0) is 44.0 Å². The first kappa shape index (κ1) is 13.8. The summed E-state index contributed by atoms with van der Waals surface area (Å²) in [7, 11) is 0. The molecule has 0 aromatic heterocycles. The molecule has 1 aromatic carbocycles. The predicted octanol–water partition coefficient (Wildman–Crippen LogP) is 2.57. The molecule has 1 heterocycles. The molecule has 18 heavy (non-hydrogen) atoms. The summed E-state index contributed by atoms with van der Waals surface area (Å²) in [5, 5.41) is 0. The van der Waals surface area contributed by atoms with Crippen LogP contribution in [0.1, 0.15) is 18.9 Å². The first-order valence-electron chi connectivity index (χ1n) is 6.55. The minimum atomic E-state index is 0.301. The van der Waals surface area contributed by atoms with E-state index in [0.29, 0.717) is 12.6 Å². The summed E-state index contributed by atoms with van der Waals surface area (Å²) in [6, 6.07) is 6.56. The molecule has 1 aliphatic rings. The number of nitrogens with zero attached hydrogens (tertiary/aromatic N) is 1. The molecule has 1 fully saturated rings. The van der Waals surface area contributed by atoms with Gasteiger partial charge < -0.3 is 15.4 Å². The van der Waals surface area contributed by atoms with Crippen LogP contribution in [-0.2, 0) is 11.2 Å². The zero-order valence-corrected chi connectivity index (χ0v) is 12.4. The van der Waals surface area contributed by atoms with Crippen LogP contribution in [0.4, 0.5) is 5.69 Å². The Morgan fingerprint density at radius 1 is 1.50 bits per heavy atom. The summed E-state index contributed by atoms with van der Waals surface area (Å²) in [4.78, 5) is 2.40. The Morgan fingerprint density at radius 2 is 2.33 bits per heavy atom. The molecule has 0 saturated carbocycles. The molecule has 0 spiro atoms. The lowest BCUT2D eigenvalue weighted by Crippen LogP contribution is -2.30. The Hall–Kier alpha value is -0.580. The Morgan fingerprint density at radius 3 is 3.06 bits per heavy atom. The largest absolute Gasteiger partial charge is 0.377 e. The van der Waals surface area contributed by atoms with Gasteiger partial charge in [0.25, 0.3) is 0 Å². The van der Waals surface area contributed by atoms with E-state index in [4.69, 9.17) is 10.5 Å². The van der Waals surface area contributed by atoms with Crippen LogP contribution in [0, 0.1) is 0 Å². The monoisotopic (exact) mass is 312 g/mol. The molecule has 1 aromatic rings. The quantitative estimate of drug-likeness (QED) is 0.932.